The average Bonchev–Trinajstić information content (AvgIpc) is 3.21. The Morgan fingerprint density at radius 3 is 2.81 bits per heavy atom. The molecule has 0 atom stereocenters. The van der Waals surface area contributed by atoms with Crippen LogP contribution in [0.15, 0.2) is 59.8 Å². The van der Waals surface area contributed by atoms with E-state index in [-0.39, 0.29) is 0 Å². The fourth-order valence-corrected chi connectivity index (χ4v) is 4.18. The molecule has 9 heteroatoms. The number of piperidine rings is 1. The van der Waals surface area contributed by atoms with E-state index >= 15 is 0 Å². The average molecular weight is 473 g/mol. The number of fused-ring (bicyclic) bond motifs is 1. The highest BCUT2D eigenvalue weighted by Gasteiger charge is 2.22. The summed E-state index contributed by atoms with van der Waals surface area (Å²) < 4.78 is 7.90. The standard InChI is InChI=1S/C23H26Cl2N6O/c1-16(29-17-4-5-19(24)20(25)14-17)13-22(26)32-12-11-30-9-6-18(7-10-30)31-15-28-21-3-2-8-27-23(21)31/h2-5,8,13-15,18H,6-7,9-12,26H2,1H3. The minimum absolute atomic E-state index is 0.345. The van der Waals surface area contributed by atoms with E-state index in [1.807, 2.05) is 31.6 Å². The quantitative estimate of drug-likeness (QED) is 0.387. The van der Waals surface area contributed by atoms with Gasteiger partial charge in [0.1, 0.15) is 12.1 Å². The van der Waals surface area contributed by atoms with Gasteiger partial charge < -0.3 is 15.0 Å². The van der Waals surface area contributed by atoms with Gasteiger partial charge in [-0.1, -0.05) is 23.2 Å². The van der Waals surface area contributed by atoms with E-state index in [0.717, 1.165) is 49.4 Å². The Morgan fingerprint density at radius 1 is 1.22 bits per heavy atom. The van der Waals surface area contributed by atoms with Crippen LogP contribution < -0.4 is 5.73 Å². The molecule has 1 aliphatic heterocycles. The van der Waals surface area contributed by atoms with Crippen molar-refractivity contribution >= 4 is 45.8 Å². The van der Waals surface area contributed by atoms with Gasteiger partial charge in [-0.25, -0.2) is 9.97 Å². The number of imidazole rings is 1. The van der Waals surface area contributed by atoms with Crippen molar-refractivity contribution in [2.45, 2.75) is 25.8 Å². The molecule has 32 heavy (non-hydrogen) atoms. The monoisotopic (exact) mass is 472 g/mol. The van der Waals surface area contributed by atoms with Crippen molar-refractivity contribution in [3.8, 4) is 0 Å². The Balaban J connectivity index is 1.23. The molecule has 4 rings (SSSR count). The second-order valence-corrected chi connectivity index (χ2v) is 8.63. The highest BCUT2D eigenvalue weighted by Crippen LogP contribution is 2.27. The molecule has 2 aromatic heterocycles. The Labute approximate surface area is 197 Å². The summed E-state index contributed by atoms with van der Waals surface area (Å²) in [5, 5.41) is 0.968. The third-order valence-electron chi connectivity index (χ3n) is 5.52. The molecule has 0 unspecified atom stereocenters. The lowest BCUT2D eigenvalue weighted by Crippen LogP contribution is -2.36. The molecule has 2 N–H and O–H groups in total. The van der Waals surface area contributed by atoms with E-state index in [0.29, 0.717) is 34.3 Å². The van der Waals surface area contributed by atoms with E-state index in [2.05, 4.69) is 24.4 Å². The van der Waals surface area contributed by atoms with E-state index in [4.69, 9.17) is 33.7 Å². The summed E-state index contributed by atoms with van der Waals surface area (Å²) in [4.78, 5) is 15.8. The van der Waals surface area contributed by atoms with Crippen LogP contribution in [-0.4, -0.2) is 51.4 Å². The lowest BCUT2D eigenvalue weighted by Gasteiger charge is -2.32. The summed E-state index contributed by atoms with van der Waals surface area (Å²) in [7, 11) is 0. The zero-order chi connectivity index (χ0) is 22.5. The van der Waals surface area contributed by atoms with Crippen molar-refractivity contribution in [1.29, 1.82) is 0 Å². The summed E-state index contributed by atoms with van der Waals surface area (Å²) in [6, 6.07) is 9.58. The van der Waals surface area contributed by atoms with E-state index < -0.39 is 0 Å². The van der Waals surface area contributed by atoms with Gasteiger partial charge in [0.25, 0.3) is 0 Å². The van der Waals surface area contributed by atoms with E-state index in [9.17, 15) is 0 Å². The van der Waals surface area contributed by atoms with Crippen LogP contribution in [0.25, 0.3) is 11.2 Å². The molecule has 1 fully saturated rings. The summed E-state index contributed by atoms with van der Waals surface area (Å²) in [5.74, 6) is 0.345. The van der Waals surface area contributed by atoms with Crippen molar-refractivity contribution in [2.75, 3.05) is 26.2 Å². The van der Waals surface area contributed by atoms with Crippen molar-refractivity contribution in [1.82, 2.24) is 19.4 Å². The van der Waals surface area contributed by atoms with Gasteiger partial charge >= 0.3 is 0 Å². The fourth-order valence-electron chi connectivity index (χ4n) is 3.89. The van der Waals surface area contributed by atoms with Crippen LogP contribution in [0, 0.1) is 0 Å². The molecule has 0 spiro atoms. The first-order chi connectivity index (χ1) is 15.5. The number of pyridine rings is 1. The molecular weight excluding hydrogens is 447 g/mol. The first-order valence-electron chi connectivity index (χ1n) is 10.6. The second kappa shape index (κ2) is 10.3. The van der Waals surface area contributed by atoms with Gasteiger partial charge in [-0.3, -0.25) is 9.89 Å². The van der Waals surface area contributed by atoms with Crippen molar-refractivity contribution in [3.63, 3.8) is 0 Å². The third kappa shape index (κ3) is 5.59. The number of rotatable bonds is 7. The van der Waals surface area contributed by atoms with Crippen molar-refractivity contribution in [3.05, 3.63) is 64.9 Å². The third-order valence-corrected chi connectivity index (χ3v) is 6.26. The number of ether oxygens (including phenoxy) is 1. The maximum atomic E-state index is 6.03. The summed E-state index contributed by atoms with van der Waals surface area (Å²) >= 11 is 12.0. The normalized spacial score (nSPS) is 16.6. The molecule has 1 aliphatic rings. The second-order valence-electron chi connectivity index (χ2n) is 7.82. The Morgan fingerprint density at radius 2 is 2.03 bits per heavy atom. The highest BCUT2D eigenvalue weighted by molar-refractivity contribution is 6.42. The molecule has 1 aromatic carbocycles. The van der Waals surface area contributed by atoms with Crippen LogP contribution in [0.3, 0.4) is 0 Å². The van der Waals surface area contributed by atoms with Gasteiger partial charge in [-0.05, 0) is 50.1 Å². The number of benzene rings is 1. The van der Waals surface area contributed by atoms with Crippen LogP contribution in [0.4, 0.5) is 5.69 Å². The van der Waals surface area contributed by atoms with Gasteiger partial charge in [0.05, 0.1) is 22.1 Å². The predicted octanol–water partition coefficient (Wildman–Crippen LogP) is 4.98. The van der Waals surface area contributed by atoms with Crippen LogP contribution in [0.1, 0.15) is 25.8 Å². The van der Waals surface area contributed by atoms with Crippen molar-refractivity contribution < 1.29 is 4.74 Å². The minimum atomic E-state index is 0.345. The topological polar surface area (TPSA) is 81.6 Å². The molecule has 1 saturated heterocycles. The van der Waals surface area contributed by atoms with E-state index in [1.54, 1.807) is 24.3 Å². The smallest absolute Gasteiger partial charge is 0.185 e. The number of nitrogens with zero attached hydrogens (tertiary/aromatic N) is 5. The van der Waals surface area contributed by atoms with Crippen LogP contribution in [-0.2, 0) is 4.74 Å². The molecule has 0 saturated carbocycles. The maximum absolute atomic E-state index is 6.03. The number of hydrogen-bond acceptors (Lipinski definition) is 6. The van der Waals surface area contributed by atoms with Crippen LogP contribution in [0.2, 0.25) is 10.0 Å². The molecule has 3 aromatic rings. The van der Waals surface area contributed by atoms with Gasteiger partial charge in [-0.15, -0.1) is 0 Å². The number of aliphatic imine (C=N–C) groups is 1. The summed E-state index contributed by atoms with van der Waals surface area (Å²) in [6.45, 7) is 5.22. The van der Waals surface area contributed by atoms with E-state index in [1.165, 1.54) is 0 Å². The first kappa shape index (κ1) is 22.6. The Bertz CT molecular complexity index is 1130. The number of nitrogens with two attached hydrogens (primary N) is 1. The van der Waals surface area contributed by atoms with Crippen molar-refractivity contribution in [2.24, 2.45) is 10.7 Å². The lowest BCUT2D eigenvalue weighted by atomic mass is 10.0. The SMILES string of the molecule is CC(C=C(N)OCCN1CCC(n2cnc3cccnc32)CC1)=Nc1ccc(Cl)c(Cl)c1. The first-order valence-corrected chi connectivity index (χ1v) is 11.4. The number of hydrogen-bond donors (Lipinski definition) is 1. The Kier molecular flexibility index (Phi) is 7.29. The van der Waals surface area contributed by atoms with Gasteiger partial charge in [0.15, 0.2) is 11.5 Å². The van der Waals surface area contributed by atoms with Crippen LogP contribution in [0.5, 0.6) is 0 Å². The predicted molar refractivity (Wildman–Crippen MR) is 130 cm³/mol. The minimum Gasteiger partial charge on any atom is -0.478 e. The highest BCUT2D eigenvalue weighted by atomic mass is 35.5. The zero-order valence-corrected chi connectivity index (χ0v) is 19.4. The molecule has 0 radical (unpaired) electrons. The molecular formula is C23H26Cl2N6O. The summed E-state index contributed by atoms with van der Waals surface area (Å²) in [5.41, 5.74) is 9.36. The zero-order valence-electron chi connectivity index (χ0n) is 17.9. The molecule has 0 bridgehead atoms. The number of aromatic nitrogens is 3. The molecule has 0 aliphatic carbocycles. The molecule has 0 amide bonds. The van der Waals surface area contributed by atoms with Gasteiger partial charge in [0.2, 0.25) is 0 Å². The number of allylic oxidation sites excluding steroid dienone is 1. The molecule has 168 valence electrons. The lowest BCUT2D eigenvalue weighted by molar-refractivity contribution is 0.127. The Hall–Kier alpha value is -2.61. The van der Waals surface area contributed by atoms with Gasteiger partial charge in [0, 0.05) is 43.7 Å². The maximum Gasteiger partial charge on any atom is 0.185 e. The molecule has 7 nitrogen and oxygen atoms in total. The number of halogens is 2. The largest absolute Gasteiger partial charge is 0.478 e. The van der Waals surface area contributed by atoms with Crippen LogP contribution >= 0.6 is 23.2 Å². The summed E-state index contributed by atoms with van der Waals surface area (Å²) in [6.07, 6.45) is 7.56. The van der Waals surface area contributed by atoms with Gasteiger partial charge in [-0.2, -0.15) is 0 Å². The molecule has 3 heterocycles. The fraction of sp³-hybridized carbons (Fsp3) is 0.348. The number of likely N-dealkylation sites (tertiary alicyclic amines) is 1.